The molecule has 1 aliphatic carbocycles. The third-order valence-electron chi connectivity index (χ3n) is 7.10. The molecule has 1 fully saturated rings. The normalized spacial score (nSPS) is 20.4. The smallest absolute Gasteiger partial charge is 0.307 e. The molecule has 7 heteroatoms. The Labute approximate surface area is 192 Å². The second kappa shape index (κ2) is 8.61. The minimum absolute atomic E-state index is 0.0177. The van der Waals surface area contributed by atoms with E-state index in [0.29, 0.717) is 0 Å². The number of nitrogens with zero attached hydrogens (tertiary/aromatic N) is 2. The van der Waals surface area contributed by atoms with Crippen molar-refractivity contribution in [2.45, 2.75) is 57.9 Å². The van der Waals surface area contributed by atoms with E-state index in [4.69, 9.17) is 5.11 Å². The maximum atomic E-state index is 12.9. The Hall–Kier alpha value is -3.22. The Kier molecular flexibility index (Phi) is 5.99. The summed E-state index contributed by atoms with van der Waals surface area (Å²) in [6.07, 6.45) is 5.95. The Morgan fingerprint density at radius 1 is 1.18 bits per heavy atom. The molecule has 1 aliphatic heterocycles. The van der Waals surface area contributed by atoms with Crippen LogP contribution in [0.25, 0.3) is 11.0 Å². The van der Waals surface area contributed by atoms with Crippen molar-refractivity contribution in [1.82, 2.24) is 14.9 Å². The second-order valence-corrected chi connectivity index (χ2v) is 9.53. The van der Waals surface area contributed by atoms with Gasteiger partial charge >= 0.3 is 5.97 Å². The predicted molar refractivity (Wildman–Crippen MR) is 125 cm³/mol. The van der Waals surface area contributed by atoms with Gasteiger partial charge in [0.1, 0.15) is 11.5 Å². The summed E-state index contributed by atoms with van der Waals surface area (Å²) in [6, 6.07) is 10.1. The molecule has 6 nitrogen and oxygen atoms in total. The first-order chi connectivity index (χ1) is 15.7. The highest BCUT2D eigenvalue weighted by Crippen LogP contribution is 2.64. The lowest BCUT2D eigenvalue weighted by atomic mass is 9.87. The van der Waals surface area contributed by atoms with Crippen LogP contribution in [0.3, 0.4) is 0 Å². The summed E-state index contributed by atoms with van der Waals surface area (Å²) in [5.74, 6) is -1.02. The van der Waals surface area contributed by atoms with Crippen LogP contribution in [0.2, 0.25) is 0 Å². The van der Waals surface area contributed by atoms with E-state index in [9.17, 15) is 14.0 Å². The maximum absolute atomic E-state index is 12.9. The highest BCUT2D eigenvalue weighted by Gasteiger charge is 2.66. The fourth-order valence-corrected chi connectivity index (χ4v) is 5.31. The number of likely N-dealkylation sites (N-methyl/N-ethyl adjacent to an activating group) is 1. The van der Waals surface area contributed by atoms with Gasteiger partial charge in [0.2, 0.25) is 5.91 Å². The van der Waals surface area contributed by atoms with E-state index in [0.717, 1.165) is 54.4 Å². The van der Waals surface area contributed by atoms with E-state index in [1.807, 2.05) is 12.1 Å². The number of hydrogen-bond acceptors (Lipinski definition) is 3. The number of pyridine rings is 1. The van der Waals surface area contributed by atoms with Crippen LogP contribution < -0.4 is 5.32 Å². The second-order valence-electron chi connectivity index (χ2n) is 9.53. The molecule has 2 aliphatic rings. The van der Waals surface area contributed by atoms with Gasteiger partial charge in [0.05, 0.1) is 11.8 Å². The summed E-state index contributed by atoms with van der Waals surface area (Å²) in [5, 5.41) is 12.7. The molecule has 1 amide bonds. The van der Waals surface area contributed by atoms with Crippen LogP contribution in [-0.2, 0) is 34.4 Å². The van der Waals surface area contributed by atoms with Crippen LogP contribution >= 0.6 is 0 Å². The number of hydrogen-bond donors (Lipinski definition) is 2. The van der Waals surface area contributed by atoms with Gasteiger partial charge in [-0.1, -0.05) is 26.0 Å². The van der Waals surface area contributed by atoms with Crippen molar-refractivity contribution in [2.24, 2.45) is 5.41 Å². The van der Waals surface area contributed by atoms with Gasteiger partial charge in [0.15, 0.2) is 0 Å². The average Bonchev–Trinajstić information content (AvgIpc) is 3.27. The SMILES string of the molecule is CNC(=O)C1(c2ccc(F)cc2)CC1(C)C.O=C(O)Cc1c2n(c3ncccc13)CCCC2. The monoisotopic (exact) mass is 451 g/mol. The average molecular weight is 452 g/mol. The summed E-state index contributed by atoms with van der Waals surface area (Å²) in [5.41, 5.74) is 3.45. The number of carboxylic acid groups (broad SMARTS) is 1. The lowest BCUT2D eigenvalue weighted by Gasteiger charge is -2.19. The molecule has 1 unspecified atom stereocenters. The molecule has 3 aromatic rings. The number of carbonyl (C=O) groups is 2. The zero-order valence-electron chi connectivity index (χ0n) is 19.3. The van der Waals surface area contributed by atoms with Crippen molar-refractivity contribution in [2.75, 3.05) is 7.05 Å². The Morgan fingerprint density at radius 2 is 1.88 bits per heavy atom. The molecule has 0 bridgehead atoms. The zero-order valence-corrected chi connectivity index (χ0v) is 19.3. The van der Waals surface area contributed by atoms with Gasteiger partial charge < -0.3 is 15.0 Å². The van der Waals surface area contributed by atoms with Crippen molar-refractivity contribution >= 4 is 22.9 Å². The maximum Gasteiger partial charge on any atom is 0.307 e. The van der Waals surface area contributed by atoms with Crippen molar-refractivity contribution in [3.8, 4) is 0 Å². The van der Waals surface area contributed by atoms with Crippen molar-refractivity contribution in [1.29, 1.82) is 0 Å². The largest absolute Gasteiger partial charge is 0.481 e. The molecular weight excluding hydrogens is 421 g/mol. The lowest BCUT2D eigenvalue weighted by molar-refractivity contribution is -0.136. The van der Waals surface area contributed by atoms with Crippen LogP contribution in [0.4, 0.5) is 4.39 Å². The zero-order chi connectivity index (χ0) is 23.8. The molecule has 1 atom stereocenters. The topological polar surface area (TPSA) is 84.2 Å². The quantitative estimate of drug-likeness (QED) is 0.622. The van der Waals surface area contributed by atoms with Gasteiger partial charge in [-0.15, -0.1) is 0 Å². The third-order valence-corrected chi connectivity index (χ3v) is 7.10. The number of carboxylic acids is 1. The number of aliphatic carboxylic acids is 1. The van der Waals surface area contributed by atoms with Crippen molar-refractivity contribution in [3.05, 3.63) is 65.2 Å². The fraction of sp³-hybridized carbons (Fsp3) is 0.423. The minimum atomic E-state index is -0.769. The Balaban J connectivity index is 0.000000157. The number of halogens is 1. The Morgan fingerprint density at radius 3 is 2.48 bits per heavy atom. The van der Waals surface area contributed by atoms with E-state index < -0.39 is 11.4 Å². The number of carbonyl (C=O) groups excluding carboxylic acids is 1. The van der Waals surface area contributed by atoms with Crippen molar-refractivity contribution in [3.63, 3.8) is 0 Å². The van der Waals surface area contributed by atoms with Gasteiger partial charge in [-0.3, -0.25) is 9.59 Å². The summed E-state index contributed by atoms with van der Waals surface area (Å²) >= 11 is 0. The minimum Gasteiger partial charge on any atom is -0.481 e. The molecule has 2 aromatic heterocycles. The van der Waals surface area contributed by atoms with Gasteiger partial charge in [-0.25, -0.2) is 9.37 Å². The molecule has 5 rings (SSSR count). The van der Waals surface area contributed by atoms with Crippen LogP contribution in [0, 0.1) is 11.2 Å². The summed E-state index contributed by atoms with van der Waals surface area (Å²) in [7, 11) is 1.64. The lowest BCUT2D eigenvalue weighted by Crippen LogP contribution is -2.35. The van der Waals surface area contributed by atoms with E-state index in [1.54, 1.807) is 25.4 Å². The fourth-order valence-electron chi connectivity index (χ4n) is 5.31. The third kappa shape index (κ3) is 4.01. The summed E-state index contributed by atoms with van der Waals surface area (Å²) in [6.45, 7) is 5.08. The van der Waals surface area contributed by atoms with Crippen molar-refractivity contribution < 1.29 is 19.1 Å². The van der Waals surface area contributed by atoms with Gasteiger partial charge in [-0.05, 0) is 66.5 Å². The molecule has 174 valence electrons. The van der Waals surface area contributed by atoms with Gasteiger partial charge in [-0.2, -0.15) is 0 Å². The highest BCUT2D eigenvalue weighted by molar-refractivity contribution is 5.93. The molecular formula is C26H30FN3O3. The predicted octanol–water partition coefficient (Wildman–Crippen LogP) is 4.24. The van der Waals surface area contributed by atoms with Crippen LogP contribution in [0.15, 0.2) is 42.6 Å². The molecule has 0 radical (unpaired) electrons. The highest BCUT2D eigenvalue weighted by atomic mass is 19.1. The van der Waals surface area contributed by atoms with E-state index >= 15 is 0 Å². The first kappa shape index (κ1) is 23.0. The van der Waals surface area contributed by atoms with Crippen LogP contribution in [0.1, 0.15) is 49.9 Å². The van der Waals surface area contributed by atoms with E-state index in [1.165, 1.54) is 17.8 Å². The molecule has 0 saturated heterocycles. The number of aromatic nitrogens is 2. The van der Waals surface area contributed by atoms with Crippen LogP contribution in [-0.4, -0.2) is 33.6 Å². The van der Waals surface area contributed by atoms with Crippen LogP contribution in [0.5, 0.6) is 0 Å². The summed E-state index contributed by atoms with van der Waals surface area (Å²) in [4.78, 5) is 27.4. The van der Waals surface area contributed by atoms with E-state index in [-0.39, 0.29) is 23.6 Å². The summed E-state index contributed by atoms with van der Waals surface area (Å²) < 4.78 is 15.1. The van der Waals surface area contributed by atoms with E-state index in [2.05, 4.69) is 28.7 Å². The molecule has 33 heavy (non-hydrogen) atoms. The Bertz CT molecular complexity index is 1200. The molecule has 3 heterocycles. The standard InChI is InChI=1S/C13H16FNO.C13H14N2O2/c1-12(2)8-13(12,11(16)15-3)9-4-6-10(14)7-5-9;16-12(17)8-10-9-4-3-6-14-13(9)15-7-2-1-5-11(10)15/h4-7H,8H2,1-3H3,(H,15,16);3-4,6H,1-2,5,7-8H2,(H,16,17). The number of aryl methyl sites for hydroxylation is 1. The molecule has 0 spiro atoms. The molecule has 2 N–H and O–H groups in total. The molecule has 1 aromatic carbocycles. The number of benzene rings is 1. The number of fused-ring (bicyclic) bond motifs is 3. The first-order valence-electron chi connectivity index (χ1n) is 11.4. The number of rotatable bonds is 4. The number of amides is 1. The molecule has 1 saturated carbocycles. The first-order valence-corrected chi connectivity index (χ1v) is 11.4. The number of nitrogens with one attached hydrogen (secondary N) is 1. The van der Waals surface area contributed by atoms with Gasteiger partial charge in [0.25, 0.3) is 0 Å². The van der Waals surface area contributed by atoms with Gasteiger partial charge in [0, 0.05) is 30.9 Å².